The number of piperidine rings is 1. The predicted octanol–water partition coefficient (Wildman–Crippen LogP) is 3.33. The van der Waals surface area contributed by atoms with E-state index in [4.69, 9.17) is 0 Å². The fourth-order valence-corrected chi connectivity index (χ4v) is 3.74. The van der Waals surface area contributed by atoms with E-state index in [0.717, 1.165) is 29.3 Å². The summed E-state index contributed by atoms with van der Waals surface area (Å²) in [7, 11) is -2.02. The fraction of sp³-hybridized carbons (Fsp3) is 0.350. The van der Waals surface area contributed by atoms with Gasteiger partial charge in [0.1, 0.15) is 0 Å². The maximum absolute atomic E-state index is 12.7. The summed E-state index contributed by atoms with van der Waals surface area (Å²) in [4.78, 5) is 15.1. The van der Waals surface area contributed by atoms with Gasteiger partial charge in [0.15, 0.2) is 0 Å². The Bertz CT molecular complexity index is 904. The van der Waals surface area contributed by atoms with Gasteiger partial charge in [0.05, 0.1) is 17.5 Å². The minimum atomic E-state index is -3.46. The maximum atomic E-state index is 12.7. The van der Waals surface area contributed by atoms with Gasteiger partial charge < -0.3 is 10.2 Å². The lowest BCUT2D eigenvalue weighted by Crippen LogP contribution is -2.29. The molecule has 1 amide bonds. The highest BCUT2D eigenvalue weighted by atomic mass is 32.2. The van der Waals surface area contributed by atoms with E-state index in [9.17, 15) is 13.2 Å². The zero-order valence-electron chi connectivity index (χ0n) is 15.7. The molecule has 3 rings (SSSR count). The Hall–Kier alpha value is -2.54. The molecule has 1 saturated heterocycles. The minimum absolute atomic E-state index is 0.311. The smallest absolute Gasteiger partial charge is 0.257 e. The van der Waals surface area contributed by atoms with Crippen molar-refractivity contribution in [2.75, 3.05) is 40.9 Å². The van der Waals surface area contributed by atoms with Crippen molar-refractivity contribution in [2.24, 2.45) is 0 Å². The highest BCUT2D eigenvalue weighted by Gasteiger charge is 2.19. The van der Waals surface area contributed by atoms with Crippen molar-refractivity contribution >= 4 is 33.0 Å². The number of amides is 1. The molecule has 1 aliphatic rings. The van der Waals surface area contributed by atoms with Crippen molar-refractivity contribution in [1.82, 2.24) is 0 Å². The molecule has 1 fully saturated rings. The number of rotatable bonds is 5. The van der Waals surface area contributed by atoms with Gasteiger partial charge in [0.2, 0.25) is 10.0 Å². The number of carbonyl (C=O) groups is 1. The van der Waals surface area contributed by atoms with Crippen LogP contribution in [-0.4, -0.2) is 40.7 Å². The third-order valence-electron chi connectivity index (χ3n) is 4.83. The fourth-order valence-electron chi connectivity index (χ4n) is 3.23. The summed E-state index contributed by atoms with van der Waals surface area (Å²) in [5.74, 6) is -0.341. The summed E-state index contributed by atoms with van der Waals surface area (Å²) in [6.45, 7) is 2.13. The highest BCUT2D eigenvalue weighted by Crippen LogP contribution is 2.24. The third kappa shape index (κ3) is 4.60. The number of hydrogen-bond donors (Lipinski definition) is 1. The Morgan fingerprint density at radius 2 is 1.63 bits per heavy atom. The first-order valence-electron chi connectivity index (χ1n) is 9.05. The van der Waals surface area contributed by atoms with Crippen molar-refractivity contribution in [3.63, 3.8) is 0 Å². The van der Waals surface area contributed by atoms with Crippen LogP contribution in [0.15, 0.2) is 48.5 Å². The average molecular weight is 388 g/mol. The number of hydrogen-bond acceptors (Lipinski definition) is 4. The van der Waals surface area contributed by atoms with Crippen molar-refractivity contribution in [3.05, 3.63) is 54.1 Å². The number of nitrogens with one attached hydrogen (secondary N) is 1. The van der Waals surface area contributed by atoms with Gasteiger partial charge in [-0.3, -0.25) is 9.10 Å². The molecule has 144 valence electrons. The topological polar surface area (TPSA) is 69.7 Å². The SMILES string of the molecule is CN(c1ccccc1C(=O)Nc1ccc(N2CCCCC2)cc1)S(C)(=O)=O. The Morgan fingerprint density at radius 3 is 2.26 bits per heavy atom. The highest BCUT2D eigenvalue weighted by molar-refractivity contribution is 7.92. The summed E-state index contributed by atoms with van der Waals surface area (Å²) < 4.78 is 24.8. The van der Waals surface area contributed by atoms with E-state index < -0.39 is 10.0 Å². The molecule has 1 aliphatic heterocycles. The van der Waals surface area contributed by atoms with Crippen LogP contribution in [0.2, 0.25) is 0 Å². The van der Waals surface area contributed by atoms with Gasteiger partial charge in [-0.1, -0.05) is 12.1 Å². The van der Waals surface area contributed by atoms with Crippen molar-refractivity contribution in [1.29, 1.82) is 0 Å². The molecule has 0 bridgehead atoms. The van der Waals surface area contributed by atoms with E-state index in [0.29, 0.717) is 16.9 Å². The van der Waals surface area contributed by atoms with Crippen LogP contribution in [0.5, 0.6) is 0 Å². The van der Waals surface area contributed by atoms with Crippen LogP contribution in [-0.2, 0) is 10.0 Å². The zero-order valence-corrected chi connectivity index (χ0v) is 16.5. The van der Waals surface area contributed by atoms with Gasteiger partial charge in [-0.15, -0.1) is 0 Å². The van der Waals surface area contributed by atoms with E-state index in [-0.39, 0.29) is 5.91 Å². The molecule has 2 aromatic rings. The number of benzene rings is 2. The van der Waals surface area contributed by atoms with Crippen LogP contribution in [0.4, 0.5) is 17.1 Å². The normalized spacial score (nSPS) is 14.7. The van der Waals surface area contributed by atoms with E-state index >= 15 is 0 Å². The first-order chi connectivity index (χ1) is 12.9. The van der Waals surface area contributed by atoms with Gasteiger partial charge in [-0.05, 0) is 55.7 Å². The lowest BCUT2D eigenvalue weighted by Gasteiger charge is -2.28. The van der Waals surface area contributed by atoms with Crippen LogP contribution >= 0.6 is 0 Å². The van der Waals surface area contributed by atoms with E-state index in [2.05, 4.69) is 10.2 Å². The maximum Gasteiger partial charge on any atom is 0.257 e. The predicted molar refractivity (Wildman–Crippen MR) is 110 cm³/mol. The second kappa shape index (κ2) is 8.00. The summed E-state index contributed by atoms with van der Waals surface area (Å²) in [5, 5.41) is 2.86. The summed E-state index contributed by atoms with van der Waals surface area (Å²) >= 11 is 0. The Kier molecular flexibility index (Phi) is 5.70. The molecular weight excluding hydrogens is 362 g/mol. The minimum Gasteiger partial charge on any atom is -0.372 e. The molecular formula is C20H25N3O3S. The van der Waals surface area contributed by atoms with E-state index in [1.807, 2.05) is 24.3 Å². The van der Waals surface area contributed by atoms with Crippen molar-refractivity contribution in [2.45, 2.75) is 19.3 Å². The summed E-state index contributed by atoms with van der Waals surface area (Å²) in [5.41, 5.74) is 2.50. The molecule has 27 heavy (non-hydrogen) atoms. The van der Waals surface area contributed by atoms with Gasteiger partial charge in [0, 0.05) is 31.5 Å². The molecule has 0 atom stereocenters. The van der Waals surface area contributed by atoms with Gasteiger partial charge in [0.25, 0.3) is 5.91 Å². The molecule has 2 aromatic carbocycles. The quantitative estimate of drug-likeness (QED) is 0.854. The van der Waals surface area contributed by atoms with Crippen molar-refractivity contribution < 1.29 is 13.2 Å². The molecule has 0 saturated carbocycles. The number of sulfonamides is 1. The number of anilines is 3. The number of nitrogens with zero attached hydrogens (tertiary/aromatic N) is 2. The first-order valence-corrected chi connectivity index (χ1v) is 10.9. The zero-order chi connectivity index (χ0) is 19.4. The van der Waals surface area contributed by atoms with Crippen LogP contribution < -0.4 is 14.5 Å². The second-order valence-corrected chi connectivity index (χ2v) is 8.81. The monoisotopic (exact) mass is 387 g/mol. The largest absolute Gasteiger partial charge is 0.372 e. The molecule has 1 N–H and O–H groups in total. The first kappa shape index (κ1) is 19.2. The van der Waals surface area contributed by atoms with Crippen LogP contribution in [0.1, 0.15) is 29.6 Å². The average Bonchev–Trinajstić information content (AvgIpc) is 2.68. The molecule has 0 aliphatic carbocycles. The molecule has 7 heteroatoms. The standard InChI is InChI=1S/C20H25N3O3S/c1-22(27(2,25)26)19-9-5-4-8-18(19)20(24)21-16-10-12-17(13-11-16)23-14-6-3-7-15-23/h4-5,8-13H,3,6-7,14-15H2,1-2H3,(H,21,24). The molecule has 0 spiro atoms. The van der Waals surface area contributed by atoms with Crippen LogP contribution in [0, 0.1) is 0 Å². The van der Waals surface area contributed by atoms with Crippen molar-refractivity contribution in [3.8, 4) is 0 Å². The molecule has 0 radical (unpaired) electrons. The molecule has 1 heterocycles. The Morgan fingerprint density at radius 1 is 1.00 bits per heavy atom. The number of para-hydroxylation sites is 1. The molecule has 0 unspecified atom stereocenters. The second-order valence-electron chi connectivity index (χ2n) is 6.80. The third-order valence-corrected chi connectivity index (χ3v) is 6.02. The number of carbonyl (C=O) groups excluding carboxylic acids is 1. The van der Waals surface area contributed by atoms with Crippen LogP contribution in [0.25, 0.3) is 0 Å². The van der Waals surface area contributed by atoms with Crippen LogP contribution in [0.3, 0.4) is 0 Å². The lowest BCUT2D eigenvalue weighted by molar-refractivity contribution is 0.102. The molecule has 0 aromatic heterocycles. The molecule has 6 nitrogen and oxygen atoms in total. The Balaban J connectivity index is 1.76. The summed E-state index contributed by atoms with van der Waals surface area (Å²) in [6.07, 6.45) is 4.82. The lowest BCUT2D eigenvalue weighted by atomic mass is 10.1. The van der Waals surface area contributed by atoms with Gasteiger partial charge in [-0.2, -0.15) is 0 Å². The Labute approximate surface area is 160 Å². The van der Waals surface area contributed by atoms with Gasteiger partial charge >= 0.3 is 0 Å². The van der Waals surface area contributed by atoms with Gasteiger partial charge in [-0.25, -0.2) is 8.42 Å². The summed E-state index contributed by atoms with van der Waals surface area (Å²) in [6, 6.07) is 14.4. The van der Waals surface area contributed by atoms with E-state index in [1.165, 1.54) is 26.3 Å². The van der Waals surface area contributed by atoms with E-state index in [1.54, 1.807) is 24.3 Å².